The molecule has 27 heavy (non-hydrogen) atoms. The Morgan fingerprint density at radius 2 is 1.78 bits per heavy atom. The zero-order chi connectivity index (χ0) is 18.9. The highest BCUT2D eigenvalue weighted by atomic mass is 32.2. The molecule has 0 aliphatic rings. The molecule has 0 saturated heterocycles. The number of fused-ring (bicyclic) bond motifs is 1. The molecule has 0 fully saturated rings. The van der Waals surface area contributed by atoms with E-state index in [4.69, 9.17) is 0 Å². The number of imidazole rings is 1. The van der Waals surface area contributed by atoms with Crippen LogP contribution in [0.1, 0.15) is 11.1 Å². The molecular formula is C20H18N4O2S. The van der Waals surface area contributed by atoms with Gasteiger partial charge in [0.2, 0.25) is 15.8 Å². The number of nitrogens with one attached hydrogen (secondary N) is 1. The first kappa shape index (κ1) is 17.2. The molecule has 2 heterocycles. The van der Waals surface area contributed by atoms with Crippen LogP contribution >= 0.6 is 0 Å². The Morgan fingerprint density at radius 1 is 1.04 bits per heavy atom. The number of sulfonamides is 1. The molecule has 2 aromatic carbocycles. The number of aryl methyl sites for hydroxylation is 1. The van der Waals surface area contributed by atoms with E-state index in [9.17, 15) is 8.42 Å². The Bertz CT molecular complexity index is 1150. The van der Waals surface area contributed by atoms with Crippen LogP contribution in [0.3, 0.4) is 0 Å². The monoisotopic (exact) mass is 378 g/mol. The molecule has 0 aliphatic carbocycles. The molecule has 0 radical (unpaired) electrons. The van der Waals surface area contributed by atoms with Crippen LogP contribution in [0.5, 0.6) is 0 Å². The Hall–Kier alpha value is -3.19. The lowest BCUT2D eigenvalue weighted by atomic mass is 10.1. The predicted octanol–water partition coefficient (Wildman–Crippen LogP) is 3.65. The van der Waals surface area contributed by atoms with Gasteiger partial charge in [0.05, 0.1) is 11.4 Å². The van der Waals surface area contributed by atoms with Crippen molar-refractivity contribution >= 4 is 21.5 Å². The molecule has 4 rings (SSSR count). The molecule has 0 spiro atoms. The van der Waals surface area contributed by atoms with Crippen molar-refractivity contribution in [3.63, 3.8) is 0 Å². The van der Waals surface area contributed by atoms with Gasteiger partial charge in [-0.25, -0.2) is 18.4 Å². The second-order valence-corrected chi connectivity index (χ2v) is 8.10. The number of anilines is 1. The van der Waals surface area contributed by atoms with E-state index < -0.39 is 10.0 Å². The lowest BCUT2D eigenvalue weighted by Gasteiger charge is -2.09. The number of benzene rings is 2. The number of aromatic nitrogens is 3. The minimum Gasteiger partial charge on any atom is -0.291 e. The fourth-order valence-corrected chi connectivity index (χ4v) is 4.00. The van der Waals surface area contributed by atoms with Crippen LogP contribution in [-0.2, 0) is 15.8 Å². The molecule has 136 valence electrons. The van der Waals surface area contributed by atoms with Crippen LogP contribution in [0.2, 0.25) is 0 Å². The average molecular weight is 378 g/mol. The minimum atomic E-state index is -3.48. The van der Waals surface area contributed by atoms with Crippen LogP contribution in [0.15, 0.2) is 73.2 Å². The van der Waals surface area contributed by atoms with E-state index in [-0.39, 0.29) is 5.75 Å². The summed E-state index contributed by atoms with van der Waals surface area (Å²) in [5, 5.41) is 0. The number of rotatable bonds is 5. The van der Waals surface area contributed by atoms with Crippen LogP contribution in [0.4, 0.5) is 5.69 Å². The van der Waals surface area contributed by atoms with Crippen molar-refractivity contribution in [1.82, 2.24) is 14.4 Å². The molecule has 0 amide bonds. The zero-order valence-electron chi connectivity index (χ0n) is 14.7. The highest BCUT2D eigenvalue weighted by molar-refractivity contribution is 7.91. The van der Waals surface area contributed by atoms with Crippen LogP contribution < -0.4 is 4.72 Å². The summed E-state index contributed by atoms with van der Waals surface area (Å²) in [4.78, 5) is 8.66. The lowest BCUT2D eigenvalue weighted by Crippen LogP contribution is -2.15. The average Bonchev–Trinajstić information content (AvgIpc) is 3.08. The molecule has 7 heteroatoms. The summed E-state index contributed by atoms with van der Waals surface area (Å²) in [6.45, 7) is 1.97. The van der Waals surface area contributed by atoms with E-state index in [0.717, 1.165) is 22.4 Å². The van der Waals surface area contributed by atoms with Crippen molar-refractivity contribution < 1.29 is 8.42 Å². The second-order valence-electron chi connectivity index (χ2n) is 6.38. The molecule has 0 unspecified atom stereocenters. The number of hydrogen-bond acceptors (Lipinski definition) is 4. The molecule has 1 N–H and O–H groups in total. The maximum Gasteiger partial charge on any atom is 0.236 e. The van der Waals surface area contributed by atoms with E-state index in [2.05, 4.69) is 14.7 Å². The molecule has 0 bridgehead atoms. The molecule has 2 aromatic heterocycles. The first-order valence-electron chi connectivity index (χ1n) is 8.45. The minimum absolute atomic E-state index is 0.0624. The highest BCUT2D eigenvalue weighted by Gasteiger charge is 2.12. The molecule has 6 nitrogen and oxygen atoms in total. The van der Waals surface area contributed by atoms with E-state index in [1.165, 1.54) is 0 Å². The fraction of sp³-hybridized carbons (Fsp3) is 0.100. The van der Waals surface area contributed by atoms with Gasteiger partial charge in [-0.05, 0) is 30.7 Å². The third-order valence-electron chi connectivity index (χ3n) is 4.17. The van der Waals surface area contributed by atoms with Crippen LogP contribution in [0, 0.1) is 6.92 Å². The van der Waals surface area contributed by atoms with Gasteiger partial charge in [-0.3, -0.25) is 9.12 Å². The summed E-state index contributed by atoms with van der Waals surface area (Å²) < 4.78 is 29.2. The normalized spacial score (nSPS) is 11.6. The van der Waals surface area contributed by atoms with Gasteiger partial charge in [0.25, 0.3) is 0 Å². The van der Waals surface area contributed by atoms with Crippen molar-refractivity contribution in [2.45, 2.75) is 12.7 Å². The van der Waals surface area contributed by atoms with Crippen LogP contribution in [0.25, 0.3) is 17.0 Å². The second kappa shape index (κ2) is 6.85. The van der Waals surface area contributed by atoms with E-state index in [1.54, 1.807) is 18.3 Å². The smallest absolute Gasteiger partial charge is 0.236 e. The van der Waals surface area contributed by atoms with Gasteiger partial charge in [-0.2, -0.15) is 0 Å². The van der Waals surface area contributed by atoms with Crippen molar-refractivity contribution in [2.24, 2.45) is 0 Å². The summed E-state index contributed by atoms with van der Waals surface area (Å²) in [5.41, 5.74) is 4.04. The number of hydrogen-bond donors (Lipinski definition) is 1. The summed E-state index contributed by atoms with van der Waals surface area (Å²) >= 11 is 0. The van der Waals surface area contributed by atoms with Gasteiger partial charge >= 0.3 is 0 Å². The van der Waals surface area contributed by atoms with Crippen LogP contribution in [-0.4, -0.2) is 22.8 Å². The zero-order valence-corrected chi connectivity index (χ0v) is 15.5. The van der Waals surface area contributed by atoms with Gasteiger partial charge in [0, 0.05) is 29.8 Å². The SMILES string of the molecule is Cc1ccc(CS(=O)(=O)Nc2ccc(-c3cn4cccnc4n3)cc2)cc1. The van der Waals surface area contributed by atoms with Gasteiger partial charge in [0.1, 0.15) is 0 Å². The Labute approximate surface area is 157 Å². The maximum absolute atomic E-state index is 12.4. The molecule has 4 aromatic rings. The molecule has 0 atom stereocenters. The van der Waals surface area contributed by atoms with Gasteiger partial charge in [0.15, 0.2) is 0 Å². The van der Waals surface area contributed by atoms with Crippen molar-refractivity contribution in [1.29, 1.82) is 0 Å². The third kappa shape index (κ3) is 3.98. The summed E-state index contributed by atoms with van der Waals surface area (Å²) in [7, 11) is -3.48. The molecular weight excluding hydrogens is 360 g/mol. The van der Waals surface area contributed by atoms with Crippen molar-refractivity contribution in [2.75, 3.05) is 4.72 Å². The van der Waals surface area contributed by atoms with E-state index in [1.807, 2.05) is 66.2 Å². The third-order valence-corrected chi connectivity index (χ3v) is 5.43. The van der Waals surface area contributed by atoms with Gasteiger partial charge in [-0.15, -0.1) is 0 Å². The van der Waals surface area contributed by atoms with Crippen molar-refractivity contribution in [3.05, 3.63) is 84.3 Å². The first-order chi connectivity index (χ1) is 13.0. The lowest BCUT2D eigenvalue weighted by molar-refractivity contribution is 0.600. The van der Waals surface area contributed by atoms with E-state index >= 15 is 0 Å². The first-order valence-corrected chi connectivity index (χ1v) is 10.1. The molecule has 0 saturated carbocycles. The summed E-state index contributed by atoms with van der Waals surface area (Å²) in [6, 6.07) is 16.5. The maximum atomic E-state index is 12.4. The Kier molecular flexibility index (Phi) is 4.37. The van der Waals surface area contributed by atoms with E-state index in [0.29, 0.717) is 11.5 Å². The predicted molar refractivity (Wildman–Crippen MR) is 106 cm³/mol. The standard InChI is InChI=1S/C20H18N4O2S/c1-15-3-5-16(6-4-15)14-27(25,26)23-18-9-7-17(8-10-18)19-13-24-12-2-11-21-20(24)22-19/h2-13,23H,14H2,1H3. The fourth-order valence-electron chi connectivity index (χ4n) is 2.80. The van der Waals surface area contributed by atoms with Gasteiger partial charge in [-0.1, -0.05) is 42.0 Å². The Morgan fingerprint density at radius 3 is 2.48 bits per heavy atom. The Balaban J connectivity index is 1.50. The topological polar surface area (TPSA) is 76.4 Å². The quantitative estimate of drug-likeness (QED) is 0.575. The number of nitrogens with zero attached hydrogens (tertiary/aromatic N) is 3. The summed E-state index contributed by atoms with van der Waals surface area (Å²) in [6.07, 6.45) is 5.46. The largest absolute Gasteiger partial charge is 0.291 e. The highest BCUT2D eigenvalue weighted by Crippen LogP contribution is 2.22. The van der Waals surface area contributed by atoms with Crippen molar-refractivity contribution in [3.8, 4) is 11.3 Å². The molecule has 0 aliphatic heterocycles. The van der Waals surface area contributed by atoms with Gasteiger partial charge < -0.3 is 0 Å². The summed E-state index contributed by atoms with van der Waals surface area (Å²) in [5.74, 6) is 0.558.